The van der Waals surface area contributed by atoms with Crippen LogP contribution in [0.15, 0.2) is 0 Å². The van der Waals surface area contributed by atoms with E-state index in [1.807, 2.05) is 21.1 Å². The molecule has 1 N–H and O–H groups in total. The number of nitrogens with zero attached hydrogens (tertiary/aromatic N) is 1. The Labute approximate surface area is 384 Å². The average molecular weight is 903 g/mol. The van der Waals surface area contributed by atoms with Crippen molar-refractivity contribution in [2.75, 3.05) is 47.5 Å². The van der Waals surface area contributed by atoms with Crippen LogP contribution in [0.2, 0.25) is 0 Å². The van der Waals surface area contributed by atoms with Gasteiger partial charge >= 0.3 is 19.8 Å². The molecule has 0 aromatic carbocycles. The van der Waals surface area contributed by atoms with Crippen LogP contribution in [0.25, 0.3) is 0 Å². The summed E-state index contributed by atoms with van der Waals surface area (Å²) in [5, 5.41) is 0. The lowest BCUT2D eigenvalue weighted by molar-refractivity contribution is -0.870. The largest absolute Gasteiger partial charge is 0.472 e. The highest BCUT2D eigenvalue weighted by Crippen LogP contribution is 2.43. The minimum absolute atomic E-state index is 0.0373. The Morgan fingerprint density at radius 1 is 0.435 bits per heavy atom. The molecule has 0 aliphatic rings. The first-order chi connectivity index (χ1) is 30.0. The topological polar surface area (TPSA) is 108 Å². The van der Waals surface area contributed by atoms with E-state index in [-0.39, 0.29) is 25.6 Å². The van der Waals surface area contributed by atoms with Gasteiger partial charge in [0.15, 0.2) is 6.10 Å². The molecular formula is C52H105NO8P+. The molecule has 0 radical (unpaired) electrons. The normalized spacial score (nSPS) is 13.3. The third kappa shape index (κ3) is 48.5. The van der Waals surface area contributed by atoms with Crippen LogP contribution in [0.4, 0.5) is 0 Å². The molecule has 0 amide bonds. The molecule has 62 heavy (non-hydrogen) atoms. The Kier molecular flexibility index (Phi) is 44.5. The summed E-state index contributed by atoms with van der Waals surface area (Å²) in [6, 6.07) is 0. The molecule has 0 fully saturated rings. The number of phosphoric ester groups is 1. The zero-order chi connectivity index (χ0) is 45.7. The van der Waals surface area contributed by atoms with Gasteiger partial charge in [-0.05, 0) is 12.8 Å². The second kappa shape index (κ2) is 45.2. The van der Waals surface area contributed by atoms with Crippen LogP contribution in [0, 0.1) is 0 Å². The predicted molar refractivity (Wildman–Crippen MR) is 261 cm³/mol. The van der Waals surface area contributed by atoms with Gasteiger partial charge in [0.05, 0.1) is 27.7 Å². The third-order valence-electron chi connectivity index (χ3n) is 12.1. The van der Waals surface area contributed by atoms with Crippen LogP contribution in [-0.2, 0) is 32.7 Å². The van der Waals surface area contributed by atoms with Gasteiger partial charge in [-0.3, -0.25) is 18.6 Å². The number of phosphoric acid groups is 1. The number of carbonyl (C=O) groups excluding carboxylic acids is 2. The maximum absolute atomic E-state index is 12.8. The number of hydrogen-bond acceptors (Lipinski definition) is 7. The first-order valence-corrected chi connectivity index (χ1v) is 28.3. The molecule has 0 spiro atoms. The van der Waals surface area contributed by atoms with Crippen molar-refractivity contribution in [3.8, 4) is 0 Å². The molecule has 0 saturated carbocycles. The van der Waals surface area contributed by atoms with E-state index in [2.05, 4.69) is 13.8 Å². The molecule has 0 rings (SSSR count). The van der Waals surface area contributed by atoms with Crippen molar-refractivity contribution in [3.63, 3.8) is 0 Å². The van der Waals surface area contributed by atoms with Gasteiger partial charge in [0.25, 0.3) is 0 Å². The number of likely N-dealkylation sites (N-methyl/N-ethyl adjacent to an activating group) is 1. The molecule has 0 heterocycles. The minimum atomic E-state index is -4.37. The highest BCUT2D eigenvalue weighted by atomic mass is 31.2. The van der Waals surface area contributed by atoms with Crippen LogP contribution in [0.1, 0.15) is 271 Å². The smallest absolute Gasteiger partial charge is 0.462 e. The van der Waals surface area contributed by atoms with E-state index in [0.29, 0.717) is 17.4 Å². The molecule has 0 saturated heterocycles. The van der Waals surface area contributed by atoms with Crippen LogP contribution in [0.5, 0.6) is 0 Å². The van der Waals surface area contributed by atoms with Gasteiger partial charge in [0.2, 0.25) is 0 Å². The van der Waals surface area contributed by atoms with Gasteiger partial charge in [-0.25, -0.2) is 4.57 Å². The van der Waals surface area contributed by atoms with Crippen molar-refractivity contribution in [1.82, 2.24) is 0 Å². The summed E-state index contributed by atoms with van der Waals surface area (Å²) >= 11 is 0. The van der Waals surface area contributed by atoms with Crippen molar-refractivity contribution in [2.24, 2.45) is 0 Å². The SMILES string of the molecule is CCCCCCCCCCCCCCCCCCCCCCC(=O)O[C@H](COC(=O)CCCCCCCCCCCCCCCCCCCC)COP(=O)(O)OCC[N+](C)(C)C. The van der Waals surface area contributed by atoms with Crippen LogP contribution >= 0.6 is 7.82 Å². The molecule has 0 aromatic rings. The number of carbonyl (C=O) groups is 2. The highest BCUT2D eigenvalue weighted by molar-refractivity contribution is 7.47. The first kappa shape index (κ1) is 61.0. The Morgan fingerprint density at radius 3 is 1.03 bits per heavy atom. The molecular weight excluding hydrogens is 798 g/mol. The van der Waals surface area contributed by atoms with Crippen molar-refractivity contribution < 1.29 is 42.1 Å². The first-order valence-electron chi connectivity index (χ1n) is 26.8. The quantitative estimate of drug-likeness (QED) is 0.0278. The van der Waals surface area contributed by atoms with Gasteiger partial charge in [-0.2, -0.15) is 0 Å². The zero-order valence-corrected chi connectivity index (χ0v) is 42.8. The second-order valence-corrected chi connectivity index (χ2v) is 21.1. The highest BCUT2D eigenvalue weighted by Gasteiger charge is 2.27. The summed E-state index contributed by atoms with van der Waals surface area (Å²) in [5.41, 5.74) is 0. The number of quaternary nitrogens is 1. The summed E-state index contributed by atoms with van der Waals surface area (Å²) in [6.45, 7) is 4.50. The van der Waals surface area contributed by atoms with Gasteiger partial charge in [-0.1, -0.05) is 245 Å². The Morgan fingerprint density at radius 2 is 0.726 bits per heavy atom. The molecule has 370 valence electrons. The van der Waals surface area contributed by atoms with Crippen molar-refractivity contribution in [2.45, 2.75) is 277 Å². The van der Waals surface area contributed by atoms with E-state index in [0.717, 1.165) is 38.5 Å². The summed E-state index contributed by atoms with van der Waals surface area (Å²) in [5.74, 6) is -0.776. The van der Waals surface area contributed by atoms with Crippen LogP contribution < -0.4 is 0 Å². The fraction of sp³-hybridized carbons (Fsp3) is 0.962. The van der Waals surface area contributed by atoms with Gasteiger partial charge in [0.1, 0.15) is 19.8 Å². The number of rotatable bonds is 50. The summed E-state index contributed by atoms with van der Waals surface area (Å²) in [7, 11) is 1.50. The van der Waals surface area contributed by atoms with E-state index in [4.69, 9.17) is 18.5 Å². The van der Waals surface area contributed by atoms with Crippen molar-refractivity contribution in [1.29, 1.82) is 0 Å². The Hall–Kier alpha value is -0.990. The van der Waals surface area contributed by atoms with Gasteiger partial charge in [0, 0.05) is 12.8 Å². The number of hydrogen-bond donors (Lipinski definition) is 1. The third-order valence-corrected chi connectivity index (χ3v) is 13.1. The van der Waals surface area contributed by atoms with E-state index in [1.54, 1.807) is 0 Å². The summed E-state index contributed by atoms with van der Waals surface area (Å²) in [6.07, 6.45) is 48.7. The van der Waals surface area contributed by atoms with E-state index >= 15 is 0 Å². The fourth-order valence-electron chi connectivity index (χ4n) is 7.96. The maximum atomic E-state index is 12.8. The molecule has 0 aliphatic heterocycles. The predicted octanol–water partition coefficient (Wildman–Crippen LogP) is 15.9. The van der Waals surface area contributed by atoms with Gasteiger partial charge in [-0.15, -0.1) is 0 Å². The number of ether oxygens (including phenoxy) is 2. The molecule has 0 bridgehead atoms. The van der Waals surface area contributed by atoms with Crippen LogP contribution in [0.3, 0.4) is 0 Å². The summed E-state index contributed by atoms with van der Waals surface area (Å²) in [4.78, 5) is 35.6. The fourth-order valence-corrected chi connectivity index (χ4v) is 8.70. The maximum Gasteiger partial charge on any atom is 0.472 e. The lowest BCUT2D eigenvalue weighted by atomic mass is 10.0. The standard InChI is InChI=1S/C52H104NO8P/c1-6-8-10-12-14-16-18-20-22-24-26-27-29-31-33-35-37-39-41-43-45-52(55)61-50(49-60-62(56,57)59-47-46-53(3,4)5)48-58-51(54)44-42-40-38-36-34-32-30-28-25-23-21-19-17-15-13-11-9-7-2/h50H,6-49H2,1-5H3/p+1/t50-/m1/s1. The molecule has 1 unspecified atom stereocenters. The summed E-state index contributed by atoms with van der Waals surface area (Å²) < 4.78 is 34.5. The van der Waals surface area contributed by atoms with Crippen LogP contribution in [-0.4, -0.2) is 74.9 Å². The van der Waals surface area contributed by atoms with Gasteiger partial charge < -0.3 is 18.9 Å². The molecule has 9 nitrogen and oxygen atoms in total. The molecule has 0 aromatic heterocycles. The van der Waals surface area contributed by atoms with E-state index < -0.39 is 26.5 Å². The molecule has 10 heteroatoms. The minimum Gasteiger partial charge on any atom is -0.462 e. The average Bonchev–Trinajstić information content (AvgIpc) is 3.23. The zero-order valence-electron chi connectivity index (χ0n) is 41.9. The Balaban J connectivity index is 4.17. The van der Waals surface area contributed by atoms with E-state index in [1.165, 1.54) is 205 Å². The lowest BCUT2D eigenvalue weighted by Gasteiger charge is -2.24. The Bertz CT molecular complexity index is 1020. The van der Waals surface area contributed by atoms with E-state index in [9.17, 15) is 19.0 Å². The molecule has 2 atom stereocenters. The molecule has 0 aliphatic carbocycles. The lowest BCUT2D eigenvalue weighted by Crippen LogP contribution is -2.37. The number of unbranched alkanes of at least 4 members (excludes halogenated alkanes) is 36. The monoisotopic (exact) mass is 903 g/mol. The second-order valence-electron chi connectivity index (χ2n) is 19.6. The van der Waals surface area contributed by atoms with Crippen molar-refractivity contribution in [3.05, 3.63) is 0 Å². The number of esters is 2. The van der Waals surface area contributed by atoms with Crippen molar-refractivity contribution >= 4 is 19.8 Å².